The first-order valence-electron chi connectivity index (χ1n) is 9.64. The van der Waals surface area contributed by atoms with Crippen LogP contribution < -0.4 is 5.32 Å². The molecule has 0 fully saturated rings. The first-order chi connectivity index (χ1) is 13.5. The van der Waals surface area contributed by atoms with E-state index in [4.69, 9.17) is 10.2 Å². The van der Waals surface area contributed by atoms with Gasteiger partial charge >= 0.3 is 5.97 Å². The maximum absolute atomic E-state index is 11.1. The average molecular weight is 377 g/mol. The zero-order chi connectivity index (χ0) is 19.9. The molecule has 1 atom stereocenters. The number of carboxylic acids is 1. The summed E-state index contributed by atoms with van der Waals surface area (Å²) < 4.78 is 1.97. The van der Waals surface area contributed by atoms with Crippen LogP contribution in [0.25, 0.3) is 5.69 Å². The summed E-state index contributed by atoms with van der Waals surface area (Å²) in [7, 11) is 0. The van der Waals surface area contributed by atoms with Gasteiger partial charge in [0.1, 0.15) is 0 Å². The molecule has 0 radical (unpaired) electrons. The third-order valence-corrected chi connectivity index (χ3v) is 5.04. The number of nitrogens with one attached hydrogen (secondary N) is 1. The van der Waals surface area contributed by atoms with Crippen LogP contribution in [-0.2, 0) is 17.8 Å². The fraction of sp³-hybridized carbons (Fsp3) is 0.304. The van der Waals surface area contributed by atoms with Crippen LogP contribution in [0.15, 0.2) is 60.7 Å². The number of para-hydroxylation sites is 1. The van der Waals surface area contributed by atoms with E-state index in [1.54, 1.807) is 0 Å². The Morgan fingerprint density at radius 2 is 1.71 bits per heavy atom. The van der Waals surface area contributed by atoms with Gasteiger partial charge in [0.15, 0.2) is 0 Å². The minimum atomic E-state index is -0.760. The molecule has 5 heteroatoms. The molecule has 0 aliphatic carbocycles. The summed E-state index contributed by atoms with van der Waals surface area (Å²) in [6.07, 6.45) is 1.56. The molecule has 0 saturated heterocycles. The van der Waals surface area contributed by atoms with Crippen molar-refractivity contribution in [3.63, 3.8) is 0 Å². The van der Waals surface area contributed by atoms with Gasteiger partial charge in [-0.05, 0) is 44.4 Å². The van der Waals surface area contributed by atoms with Gasteiger partial charge in [-0.3, -0.25) is 4.79 Å². The number of aromatic nitrogens is 2. The minimum Gasteiger partial charge on any atom is -0.481 e. The van der Waals surface area contributed by atoms with Crippen LogP contribution >= 0.6 is 0 Å². The van der Waals surface area contributed by atoms with Gasteiger partial charge < -0.3 is 10.4 Å². The normalized spacial score (nSPS) is 12.1. The molecule has 1 unspecified atom stereocenters. The second-order valence-corrected chi connectivity index (χ2v) is 7.10. The third kappa shape index (κ3) is 5.08. The maximum Gasteiger partial charge on any atom is 0.303 e. The first-order valence-corrected chi connectivity index (χ1v) is 9.64. The second kappa shape index (κ2) is 9.33. The second-order valence-electron chi connectivity index (χ2n) is 7.10. The van der Waals surface area contributed by atoms with Crippen LogP contribution in [0, 0.1) is 13.8 Å². The third-order valence-electron chi connectivity index (χ3n) is 5.04. The Morgan fingerprint density at radius 1 is 1.07 bits per heavy atom. The molecule has 0 spiro atoms. The lowest BCUT2D eigenvalue weighted by Gasteiger charge is -2.18. The molecule has 0 aliphatic rings. The summed E-state index contributed by atoms with van der Waals surface area (Å²) >= 11 is 0. The molecule has 1 heterocycles. The van der Waals surface area contributed by atoms with Crippen molar-refractivity contribution in [3.05, 3.63) is 83.2 Å². The Morgan fingerprint density at radius 3 is 2.36 bits per heavy atom. The summed E-state index contributed by atoms with van der Waals surface area (Å²) in [4.78, 5) is 11.1. The smallest absolute Gasteiger partial charge is 0.303 e. The molecule has 0 amide bonds. The summed E-state index contributed by atoms with van der Waals surface area (Å²) in [5.41, 5.74) is 5.51. The SMILES string of the molecule is Cc1nn(-c2ccccc2)c(C)c1CNC(CCC(=O)O)Cc1ccccc1. The lowest BCUT2D eigenvalue weighted by molar-refractivity contribution is -0.137. The number of hydrogen-bond acceptors (Lipinski definition) is 3. The molecule has 0 saturated carbocycles. The van der Waals surface area contributed by atoms with Crippen molar-refractivity contribution < 1.29 is 9.90 Å². The van der Waals surface area contributed by atoms with Crippen molar-refractivity contribution in [1.82, 2.24) is 15.1 Å². The number of aliphatic carboxylic acids is 1. The number of benzene rings is 2. The van der Waals surface area contributed by atoms with E-state index in [-0.39, 0.29) is 12.5 Å². The van der Waals surface area contributed by atoms with Crippen LogP contribution in [0.4, 0.5) is 0 Å². The van der Waals surface area contributed by atoms with E-state index in [9.17, 15) is 4.79 Å². The Balaban J connectivity index is 1.73. The van der Waals surface area contributed by atoms with Crippen LogP contribution in [0.2, 0.25) is 0 Å². The van der Waals surface area contributed by atoms with E-state index in [0.29, 0.717) is 13.0 Å². The monoisotopic (exact) mass is 377 g/mol. The topological polar surface area (TPSA) is 67.2 Å². The molecule has 3 rings (SSSR count). The van der Waals surface area contributed by atoms with E-state index in [2.05, 4.69) is 24.4 Å². The van der Waals surface area contributed by atoms with E-state index in [1.807, 2.05) is 60.1 Å². The number of aryl methyl sites for hydroxylation is 1. The van der Waals surface area contributed by atoms with Gasteiger partial charge in [-0.25, -0.2) is 4.68 Å². The predicted octanol–water partition coefficient (Wildman–Crippen LogP) is 4.05. The Kier molecular flexibility index (Phi) is 6.61. The fourth-order valence-electron chi connectivity index (χ4n) is 3.47. The standard InChI is InChI=1S/C23H27N3O2/c1-17-22(18(2)26(25-17)21-11-7-4-8-12-21)16-24-20(13-14-23(27)28)15-19-9-5-3-6-10-19/h3-12,20,24H,13-16H2,1-2H3,(H,27,28). The van der Waals surface area contributed by atoms with E-state index < -0.39 is 5.97 Å². The zero-order valence-electron chi connectivity index (χ0n) is 16.4. The largest absolute Gasteiger partial charge is 0.481 e. The molecule has 3 aromatic rings. The fourth-order valence-corrected chi connectivity index (χ4v) is 3.47. The highest BCUT2D eigenvalue weighted by Crippen LogP contribution is 2.18. The highest BCUT2D eigenvalue weighted by atomic mass is 16.4. The lowest BCUT2D eigenvalue weighted by atomic mass is 10.0. The van der Waals surface area contributed by atoms with Gasteiger partial charge in [-0.1, -0.05) is 48.5 Å². The van der Waals surface area contributed by atoms with Crippen molar-refractivity contribution in [1.29, 1.82) is 0 Å². The van der Waals surface area contributed by atoms with Gasteiger partial charge in [0.25, 0.3) is 0 Å². The molecular formula is C23H27N3O2. The van der Waals surface area contributed by atoms with Crippen molar-refractivity contribution in [2.75, 3.05) is 0 Å². The number of rotatable bonds is 9. The van der Waals surface area contributed by atoms with Gasteiger partial charge in [-0.2, -0.15) is 5.10 Å². The molecule has 28 heavy (non-hydrogen) atoms. The Labute approximate surface area is 166 Å². The van der Waals surface area contributed by atoms with Crippen molar-refractivity contribution >= 4 is 5.97 Å². The highest BCUT2D eigenvalue weighted by molar-refractivity contribution is 5.66. The molecule has 146 valence electrons. The Hall–Kier alpha value is -2.92. The molecule has 0 aliphatic heterocycles. The molecule has 1 aromatic heterocycles. The van der Waals surface area contributed by atoms with E-state index >= 15 is 0 Å². The predicted molar refractivity (Wildman–Crippen MR) is 111 cm³/mol. The van der Waals surface area contributed by atoms with Crippen LogP contribution in [-0.4, -0.2) is 26.9 Å². The van der Waals surface area contributed by atoms with E-state index in [0.717, 1.165) is 29.1 Å². The van der Waals surface area contributed by atoms with Crippen molar-refractivity contribution in [3.8, 4) is 5.69 Å². The maximum atomic E-state index is 11.1. The molecule has 2 N–H and O–H groups in total. The number of carbonyl (C=O) groups is 1. The molecule has 5 nitrogen and oxygen atoms in total. The minimum absolute atomic E-state index is 0.0948. The summed E-state index contributed by atoms with van der Waals surface area (Å²) in [5, 5.41) is 17.4. The number of nitrogens with zero attached hydrogens (tertiary/aromatic N) is 2. The molecule has 2 aromatic carbocycles. The van der Waals surface area contributed by atoms with Crippen LogP contribution in [0.3, 0.4) is 0 Å². The van der Waals surface area contributed by atoms with Gasteiger partial charge in [0.2, 0.25) is 0 Å². The molecular weight excluding hydrogens is 350 g/mol. The van der Waals surface area contributed by atoms with Crippen LogP contribution in [0.5, 0.6) is 0 Å². The van der Waals surface area contributed by atoms with Crippen LogP contribution in [0.1, 0.15) is 35.4 Å². The summed E-state index contributed by atoms with van der Waals surface area (Å²) in [6.45, 7) is 4.77. The highest BCUT2D eigenvalue weighted by Gasteiger charge is 2.16. The Bertz CT molecular complexity index is 904. The average Bonchev–Trinajstić information content (AvgIpc) is 2.99. The lowest BCUT2D eigenvalue weighted by Crippen LogP contribution is -2.31. The summed E-state index contributed by atoms with van der Waals surface area (Å²) in [6, 6.07) is 20.4. The quantitative estimate of drug-likeness (QED) is 0.590. The van der Waals surface area contributed by atoms with Gasteiger partial charge in [0, 0.05) is 30.3 Å². The van der Waals surface area contributed by atoms with E-state index in [1.165, 1.54) is 5.56 Å². The number of carboxylic acid groups (broad SMARTS) is 1. The van der Waals surface area contributed by atoms with Crippen molar-refractivity contribution in [2.45, 2.75) is 45.7 Å². The summed E-state index contributed by atoms with van der Waals surface area (Å²) in [5.74, 6) is -0.760. The number of hydrogen-bond donors (Lipinski definition) is 2. The van der Waals surface area contributed by atoms with Crippen molar-refractivity contribution in [2.24, 2.45) is 0 Å². The zero-order valence-corrected chi connectivity index (χ0v) is 16.4. The first kappa shape index (κ1) is 19.8. The van der Waals surface area contributed by atoms with Gasteiger partial charge in [0.05, 0.1) is 11.4 Å². The molecule has 0 bridgehead atoms. The van der Waals surface area contributed by atoms with Gasteiger partial charge in [-0.15, -0.1) is 0 Å².